The highest BCUT2D eigenvalue weighted by atomic mass is 32.1. The van der Waals surface area contributed by atoms with E-state index in [9.17, 15) is 13.6 Å². The molecule has 0 aliphatic rings. The monoisotopic (exact) mass is 321 g/mol. The second-order valence-electron chi connectivity index (χ2n) is 4.92. The number of nitrogens with one attached hydrogen (secondary N) is 1. The summed E-state index contributed by atoms with van der Waals surface area (Å²) < 4.78 is 27.6. The first-order valence-corrected chi connectivity index (χ1v) is 7.56. The zero-order chi connectivity index (χ0) is 15.7. The van der Waals surface area contributed by atoms with Gasteiger partial charge in [0.15, 0.2) is 16.6 Å². The van der Waals surface area contributed by atoms with Gasteiger partial charge in [0.25, 0.3) is 5.56 Å². The van der Waals surface area contributed by atoms with Crippen molar-refractivity contribution in [2.45, 2.75) is 19.5 Å². The smallest absolute Gasteiger partial charge is 0.258 e. The lowest BCUT2D eigenvalue weighted by Gasteiger charge is -2.14. The summed E-state index contributed by atoms with van der Waals surface area (Å²) in [6.45, 7) is 2.20. The average Bonchev–Trinajstić information content (AvgIpc) is 2.96. The number of halogens is 2. The minimum Gasteiger partial charge on any atom is -0.305 e. The molecule has 0 unspecified atom stereocenters. The number of benzene rings is 1. The zero-order valence-electron chi connectivity index (χ0n) is 11.7. The van der Waals surface area contributed by atoms with Crippen LogP contribution in [0.1, 0.15) is 24.2 Å². The van der Waals surface area contributed by atoms with Gasteiger partial charge in [-0.3, -0.25) is 9.20 Å². The number of hydrogen-bond donors (Lipinski definition) is 1. The first kappa shape index (κ1) is 14.8. The van der Waals surface area contributed by atoms with E-state index in [1.165, 1.54) is 27.9 Å². The Hall–Kier alpha value is -2.12. The van der Waals surface area contributed by atoms with Crippen LogP contribution in [0, 0.1) is 11.6 Å². The van der Waals surface area contributed by atoms with Gasteiger partial charge in [0.2, 0.25) is 0 Å². The van der Waals surface area contributed by atoms with Crippen molar-refractivity contribution in [3.63, 3.8) is 0 Å². The maximum absolute atomic E-state index is 13.2. The molecule has 0 spiro atoms. The Kier molecular flexibility index (Phi) is 4.00. The van der Waals surface area contributed by atoms with Crippen molar-refractivity contribution >= 4 is 16.3 Å². The van der Waals surface area contributed by atoms with Crippen LogP contribution in [0.2, 0.25) is 0 Å². The van der Waals surface area contributed by atoms with E-state index < -0.39 is 11.6 Å². The van der Waals surface area contributed by atoms with Crippen LogP contribution in [0.3, 0.4) is 0 Å². The lowest BCUT2D eigenvalue weighted by atomic mass is 10.1. The van der Waals surface area contributed by atoms with Gasteiger partial charge in [0.05, 0.1) is 5.69 Å². The molecule has 1 atom stereocenters. The molecule has 0 bridgehead atoms. The Labute approximate surface area is 129 Å². The quantitative estimate of drug-likeness (QED) is 0.804. The van der Waals surface area contributed by atoms with Gasteiger partial charge in [-0.2, -0.15) is 0 Å². The van der Waals surface area contributed by atoms with Crippen molar-refractivity contribution in [1.82, 2.24) is 14.7 Å². The molecule has 1 aromatic carbocycles. The Bertz CT molecular complexity index is 875. The van der Waals surface area contributed by atoms with Gasteiger partial charge in [0.1, 0.15) is 0 Å². The van der Waals surface area contributed by atoms with Gasteiger partial charge in [-0.15, -0.1) is 11.3 Å². The fraction of sp³-hybridized carbons (Fsp3) is 0.200. The second kappa shape index (κ2) is 5.94. The lowest BCUT2D eigenvalue weighted by molar-refractivity contribution is 0.500. The van der Waals surface area contributed by atoms with Crippen LogP contribution in [-0.2, 0) is 6.54 Å². The van der Waals surface area contributed by atoms with Crippen LogP contribution in [0.4, 0.5) is 8.78 Å². The molecule has 0 aliphatic carbocycles. The fourth-order valence-corrected chi connectivity index (χ4v) is 2.87. The molecule has 0 aliphatic heterocycles. The van der Waals surface area contributed by atoms with Gasteiger partial charge in [-0.1, -0.05) is 6.07 Å². The van der Waals surface area contributed by atoms with Crippen molar-refractivity contribution in [1.29, 1.82) is 0 Å². The number of rotatable bonds is 4. The number of nitrogens with zero attached hydrogens (tertiary/aromatic N) is 2. The second-order valence-corrected chi connectivity index (χ2v) is 5.79. The Balaban J connectivity index is 1.75. The highest BCUT2D eigenvalue weighted by Crippen LogP contribution is 2.16. The number of fused-ring (bicyclic) bond motifs is 1. The van der Waals surface area contributed by atoms with Crippen LogP contribution in [0.15, 0.2) is 40.6 Å². The van der Waals surface area contributed by atoms with E-state index in [2.05, 4.69) is 10.3 Å². The highest BCUT2D eigenvalue weighted by molar-refractivity contribution is 7.15. The molecule has 7 heteroatoms. The summed E-state index contributed by atoms with van der Waals surface area (Å²) in [4.78, 5) is 16.9. The summed E-state index contributed by atoms with van der Waals surface area (Å²) >= 11 is 1.38. The molecular weight excluding hydrogens is 308 g/mol. The highest BCUT2D eigenvalue weighted by Gasteiger charge is 2.10. The van der Waals surface area contributed by atoms with Gasteiger partial charge in [0, 0.05) is 30.2 Å². The van der Waals surface area contributed by atoms with Crippen molar-refractivity contribution in [3.8, 4) is 0 Å². The molecule has 22 heavy (non-hydrogen) atoms. The molecule has 0 radical (unpaired) electrons. The molecular formula is C15H13F2N3OS. The Morgan fingerprint density at radius 2 is 2.14 bits per heavy atom. The molecule has 0 amide bonds. The van der Waals surface area contributed by atoms with Gasteiger partial charge in [-0.05, 0) is 24.6 Å². The van der Waals surface area contributed by atoms with Crippen LogP contribution in [0.5, 0.6) is 0 Å². The maximum Gasteiger partial charge on any atom is 0.258 e. The Morgan fingerprint density at radius 3 is 2.91 bits per heavy atom. The van der Waals surface area contributed by atoms with E-state index >= 15 is 0 Å². The zero-order valence-corrected chi connectivity index (χ0v) is 12.5. The topological polar surface area (TPSA) is 46.4 Å². The third-order valence-electron chi connectivity index (χ3n) is 3.39. The van der Waals surface area contributed by atoms with Crippen LogP contribution in [-0.4, -0.2) is 9.38 Å². The molecule has 0 saturated heterocycles. The summed E-state index contributed by atoms with van der Waals surface area (Å²) in [5.41, 5.74) is 1.11. The standard InChI is InChI=1S/C15H13F2N3OS/c1-9(10-2-3-12(16)13(17)6-10)18-8-11-7-14(21)20-4-5-22-15(20)19-11/h2-7,9,18H,8H2,1H3/t9-/m1/s1. The molecule has 0 saturated carbocycles. The van der Waals surface area contributed by atoms with Gasteiger partial charge < -0.3 is 5.32 Å². The van der Waals surface area contributed by atoms with Crippen molar-refractivity contribution in [2.24, 2.45) is 0 Å². The first-order valence-electron chi connectivity index (χ1n) is 6.69. The molecule has 2 heterocycles. The molecule has 0 fully saturated rings. The summed E-state index contributed by atoms with van der Waals surface area (Å²) in [5, 5.41) is 4.95. The molecule has 3 rings (SSSR count). The van der Waals surface area contributed by atoms with E-state index in [1.54, 1.807) is 11.6 Å². The van der Waals surface area contributed by atoms with Gasteiger partial charge in [-0.25, -0.2) is 13.8 Å². The number of aromatic nitrogens is 2. The summed E-state index contributed by atoms with van der Waals surface area (Å²) in [6.07, 6.45) is 1.68. The summed E-state index contributed by atoms with van der Waals surface area (Å²) in [7, 11) is 0. The predicted molar refractivity (Wildman–Crippen MR) is 81.0 cm³/mol. The molecule has 114 valence electrons. The van der Waals surface area contributed by atoms with E-state index in [0.29, 0.717) is 22.8 Å². The van der Waals surface area contributed by atoms with Crippen LogP contribution >= 0.6 is 11.3 Å². The van der Waals surface area contributed by atoms with Crippen LogP contribution in [0.25, 0.3) is 4.96 Å². The van der Waals surface area contributed by atoms with E-state index in [4.69, 9.17) is 0 Å². The molecule has 4 nitrogen and oxygen atoms in total. The predicted octanol–water partition coefficient (Wildman–Crippen LogP) is 2.89. The van der Waals surface area contributed by atoms with Crippen molar-refractivity contribution in [2.75, 3.05) is 0 Å². The van der Waals surface area contributed by atoms with Crippen LogP contribution < -0.4 is 10.9 Å². The first-order chi connectivity index (χ1) is 10.5. The van der Waals surface area contributed by atoms with Gasteiger partial charge >= 0.3 is 0 Å². The third kappa shape index (κ3) is 2.90. The minimum absolute atomic E-state index is 0.136. The molecule has 2 aromatic heterocycles. The van der Waals surface area contributed by atoms with Crippen molar-refractivity contribution < 1.29 is 8.78 Å². The average molecular weight is 321 g/mol. The normalized spacial score (nSPS) is 12.7. The lowest BCUT2D eigenvalue weighted by Crippen LogP contribution is -2.21. The number of hydrogen-bond acceptors (Lipinski definition) is 4. The maximum atomic E-state index is 13.2. The van der Waals surface area contributed by atoms with E-state index in [-0.39, 0.29) is 11.6 Å². The molecule has 3 aromatic rings. The van der Waals surface area contributed by atoms with E-state index in [0.717, 1.165) is 12.1 Å². The third-order valence-corrected chi connectivity index (χ3v) is 4.15. The SMILES string of the molecule is C[C@@H](NCc1cc(=O)n2ccsc2n1)c1ccc(F)c(F)c1. The van der Waals surface area contributed by atoms with E-state index in [1.807, 2.05) is 6.92 Å². The number of thiazole rings is 1. The summed E-state index contributed by atoms with van der Waals surface area (Å²) in [6, 6.07) is 5.06. The molecule has 1 N–H and O–H groups in total. The van der Waals surface area contributed by atoms with Crippen molar-refractivity contribution in [3.05, 3.63) is 69.1 Å². The fourth-order valence-electron chi connectivity index (χ4n) is 2.14. The summed E-state index contributed by atoms with van der Waals surface area (Å²) in [5.74, 6) is -1.74. The largest absolute Gasteiger partial charge is 0.305 e. The minimum atomic E-state index is -0.873. The Morgan fingerprint density at radius 1 is 1.32 bits per heavy atom.